The van der Waals surface area contributed by atoms with Gasteiger partial charge in [0.2, 0.25) is 4.21 Å². The normalized spacial score (nSPS) is 15.8. The Hall–Kier alpha value is -1.96. The van der Waals surface area contributed by atoms with E-state index in [9.17, 15) is 4.55 Å². The molecule has 1 aliphatic carbocycles. The van der Waals surface area contributed by atoms with Gasteiger partial charge in [0.05, 0.1) is 5.69 Å². The quantitative estimate of drug-likeness (QED) is 0.658. The number of nitrogens with two attached hydrogens (primary N) is 1. The van der Waals surface area contributed by atoms with Gasteiger partial charge in [0.1, 0.15) is 22.1 Å². The molecule has 1 fully saturated rings. The molecule has 134 valence electrons. The van der Waals surface area contributed by atoms with Gasteiger partial charge in [-0.25, -0.2) is 15.0 Å². The molecule has 0 aliphatic heterocycles. The van der Waals surface area contributed by atoms with Gasteiger partial charge in [0, 0.05) is 34.5 Å². The molecule has 3 aromatic rings. The third-order valence-electron chi connectivity index (χ3n) is 4.87. The van der Waals surface area contributed by atoms with Crippen LogP contribution in [0.2, 0.25) is 0 Å². The maximum atomic E-state index is 12.9. The van der Waals surface area contributed by atoms with Crippen molar-refractivity contribution in [2.24, 2.45) is 0 Å². The van der Waals surface area contributed by atoms with Gasteiger partial charge < -0.3 is 10.3 Å². The fraction of sp³-hybridized carbons (Fsp3) is 0.316. The number of pyridine rings is 1. The molecule has 3 aromatic heterocycles. The number of aromatic nitrogens is 3. The second kappa shape index (κ2) is 6.98. The predicted molar refractivity (Wildman–Crippen MR) is 108 cm³/mol. The first-order valence-electron chi connectivity index (χ1n) is 8.67. The summed E-state index contributed by atoms with van der Waals surface area (Å²) in [5, 5.41) is 1.11. The Morgan fingerprint density at radius 1 is 1.38 bits per heavy atom. The Kier molecular flexibility index (Phi) is 4.69. The molecule has 0 bridgehead atoms. The molecule has 0 amide bonds. The van der Waals surface area contributed by atoms with Gasteiger partial charge in [-0.3, -0.25) is 0 Å². The van der Waals surface area contributed by atoms with Crippen LogP contribution in [0.3, 0.4) is 0 Å². The van der Waals surface area contributed by atoms with Crippen LogP contribution < -0.4 is 5.73 Å². The molecule has 1 unspecified atom stereocenters. The summed E-state index contributed by atoms with van der Waals surface area (Å²) in [6.45, 7) is 6.27. The molecule has 0 aromatic carbocycles. The highest BCUT2D eigenvalue weighted by atomic mass is 32.2. The zero-order valence-electron chi connectivity index (χ0n) is 14.6. The largest absolute Gasteiger partial charge is 0.611 e. The van der Waals surface area contributed by atoms with E-state index in [-0.39, 0.29) is 5.25 Å². The van der Waals surface area contributed by atoms with E-state index >= 15 is 0 Å². The molecule has 0 saturated heterocycles. The molecule has 5 nitrogen and oxygen atoms in total. The van der Waals surface area contributed by atoms with Crippen LogP contribution in [0.4, 0.5) is 5.69 Å². The standard InChI is InChI=1S/C19H20N4OS2/c1-3-11(2)14-7-15(12-8-21-10-22-9-12)23-18-16(14)17(20)19(25-18)26(24)13-5-4-6-13/h7-10,13H,2-6,20H2,1H3. The maximum absolute atomic E-state index is 12.9. The second-order valence-electron chi connectivity index (χ2n) is 6.47. The summed E-state index contributed by atoms with van der Waals surface area (Å²) in [6.07, 6.45) is 8.95. The lowest BCUT2D eigenvalue weighted by Crippen LogP contribution is -2.28. The zero-order valence-corrected chi connectivity index (χ0v) is 16.2. The Bertz CT molecular complexity index is 967. The summed E-state index contributed by atoms with van der Waals surface area (Å²) in [4.78, 5) is 13.7. The van der Waals surface area contributed by atoms with Gasteiger partial charge in [-0.15, -0.1) is 0 Å². The minimum Gasteiger partial charge on any atom is -0.611 e. The van der Waals surface area contributed by atoms with Crippen molar-refractivity contribution < 1.29 is 4.55 Å². The lowest BCUT2D eigenvalue weighted by Gasteiger charge is -2.27. The summed E-state index contributed by atoms with van der Waals surface area (Å²) in [5.74, 6) is 0. The number of allylic oxidation sites excluding steroid dienone is 1. The highest BCUT2D eigenvalue weighted by Gasteiger charge is 2.35. The number of thiophene rings is 1. The number of hydrogen-bond acceptors (Lipinski definition) is 6. The molecule has 0 spiro atoms. The van der Waals surface area contributed by atoms with Crippen LogP contribution in [-0.4, -0.2) is 24.8 Å². The third kappa shape index (κ3) is 2.90. The smallest absolute Gasteiger partial charge is 0.232 e. The molecule has 0 radical (unpaired) electrons. The molecule has 1 aliphatic rings. The van der Waals surface area contributed by atoms with Crippen molar-refractivity contribution in [3.8, 4) is 11.3 Å². The monoisotopic (exact) mass is 384 g/mol. The average Bonchev–Trinajstić information content (AvgIpc) is 2.96. The molecular formula is C19H20N4OS2. The summed E-state index contributed by atoms with van der Waals surface area (Å²) >= 11 is 0.381. The van der Waals surface area contributed by atoms with Crippen LogP contribution in [0.25, 0.3) is 27.0 Å². The van der Waals surface area contributed by atoms with Gasteiger partial charge in [0.15, 0.2) is 0 Å². The number of fused-ring (bicyclic) bond motifs is 1. The van der Waals surface area contributed by atoms with Crippen LogP contribution in [0.5, 0.6) is 0 Å². The lowest BCUT2D eigenvalue weighted by atomic mass is 10.00. The molecule has 7 heteroatoms. The van der Waals surface area contributed by atoms with E-state index in [1.807, 2.05) is 6.07 Å². The third-order valence-corrected chi connectivity index (χ3v) is 8.17. The zero-order chi connectivity index (χ0) is 18.3. The lowest BCUT2D eigenvalue weighted by molar-refractivity contribution is 0.478. The number of hydrogen-bond donors (Lipinski definition) is 1. The molecule has 26 heavy (non-hydrogen) atoms. The number of anilines is 1. The van der Waals surface area contributed by atoms with Crippen molar-refractivity contribution in [2.45, 2.75) is 42.1 Å². The summed E-state index contributed by atoms with van der Waals surface area (Å²) in [6, 6.07) is 1.99. The van der Waals surface area contributed by atoms with E-state index < -0.39 is 11.2 Å². The first kappa shape index (κ1) is 17.5. The Labute approximate surface area is 159 Å². The number of nitrogens with zero attached hydrogens (tertiary/aromatic N) is 3. The van der Waals surface area contributed by atoms with Gasteiger partial charge in [0.25, 0.3) is 0 Å². The van der Waals surface area contributed by atoms with Crippen LogP contribution in [-0.2, 0) is 11.2 Å². The SMILES string of the molecule is C=C(CC)c1cc(-c2cncnc2)nc2sc([S+]([O-])C3CCC3)c(N)c12. The van der Waals surface area contributed by atoms with Crippen LogP contribution in [0.15, 0.2) is 35.6 Å². The summed E-state index contributed by atoms with van der Waals surface area (Å²) in [7, 11) is 0. The van der Waals surface area contributed by atoms with E-state index in [2.05, 4.69) is 23.5 Å². The number of rotatable bonds is 5. The van der Waals surface area contributed by atoms with E-state index in [1.165, 1.54) is 17.7 Å². The first-order chi connectivity index (χ1) is 12.6. The Balaban J connectivity index is 1.91. The van der Waals surface area contributed by atoms with E-state index in [0.717, 1.165) is 62.5 Å². The fourth-order valence-corrected chi connectivity index (χ4v) is 6.25. The average molecular weight is 385 g/mol. The van der Waals surface area contributed by atoms with E-state index in [0.29, 0.717) is 5.69 Å². The number of nitrogen functional groups attached to an aromatic ring is 1. The van der Waals surface area contributed by atoms with Crippen molar-refractivity contribution in [3.63, 3.8) is 0 Å². The molecular weight excluding hydrogens is 364 g/mol. The first-order valence-corrected chi connectivity index (χ1v) is 10.7. The molecule has 3 heterocycles. The maximum Gasteiger partial charge on any atom is 0.232 e. The van der Waals surface area contributed by atoms with E-state index in [4.69, 9.17) is 10.7 Å². The minimum absolute atomic E-state index is 0.227. The van der Waals surface area contributed by atoms with Crippen molar-refractivity contribution in [2.75, 3.05) is 5.73 Å². The molecule has 4 rings (SSSR count). The van der Waals surface area contributed by atoms with Gasteiger partial charge in [-0.2, -0.15) is 0 Å². The summed E-state index contributed by atoms with van der Waals surface area (Å²) < 4.78 is 13.6. The summed E-state index contributed by atoms with van der Waals surface area (Å²) in [5.41, 5.74) is 10.6. The molecule has 1 atom stereocenters. The van der Waals surface area contributed by atoms with Crippen molar-refractivity contribution >= 4 is 44.0 Å². The Morgan fingerprint density at radius 2 is 2.12 bits per heavy atom. The fourth-order valence-electron chi connectivity index (χ4n) is 3.03. The van der Waals surface area contributed by atoms with Crippen LogP contribution in [0.1, 0.15) is 38.2 Å². The van der Waals surface area contributed by atoms with Crippen LogP contribution in [0, 0.1) is 0 Å². The topological polar surface area (TPSA) is 87.8 Å². The van der Waals surface area contributed by atoms with Crippen LogP contribution >= 0.6 is 11.3 Å². The van der Waals surface area contributed by atoms with E-state index in [1.54, 1.807) is 12.4 Å². The second-order valence-corrected chi connectivity index (χ2v) is 9.40. The van der Waals surface area contributed by atoms with Crippen molar-refractivity contribution in [1.82, 2.24) is 15.0 Å². The Morgan fingerprint density at radius 3 is 2.73 bits per heavy atom. The van der Waals surface area contributed by atoms with Gasteiger partial charge in [-0.1, -0.05) is 24.8 Å². The van der Waals surface area contributed by atoms with Crippen molar-refractivity contribution in [1.29, 1.82) is 0 Å². The van der Waals surface area contributed by atoms with Gasteiger partial charge >= 0.3 is 0 Å². The molecule has 1 saturated carbocycles. The van der Waals surface area contributed by atoms with Crippen molar-refractivity contribution in [3.05, 3.63) is 36.9 Å². The predicted octanol–water partition coefficient (Wildman–Crippen LogP) is 4.42. The highest BCUT2D eigenvalue weighted by Crippen LogP contribution is 2.44. The molecule has 2 N–H and O–H groups in total. The minimum atomic E-state index is -1.06. The van der Waals surface area contributed by atoms with Gasteiger partial charge in [-0.05, 0) is 42.9 Å². The highest BCUT2D eigenvalue weighted by molar-refractivity contribution is 7.94.